The second-order valence-electron chi connectivity index (χ2n) is 2.60. The van der Waals surface area contributed by atoms with Crippen molar-refractivity contribution in [3.05, 3.63) is 0 Å². The van der Waals surface area contributed by atoms with Crippen molar-refractivity contribution < 1.29 is 19.1 Å². The number of nitrogens with two attached hydrogens (primary N) is 1. The van der Waals surface area contributed by atoms with Gasteiger partial charge in [0.05, 0.1) is 19.6 Å². The van der Waals surface area contributed by atoms with Crippen LogP contribution in [0.4, 0.5) is 0 Å². The molecular weight excluding hydrogens is 200 g/mol. The molecule has 0 spiro atoms. The summed E-state index contributed by atoms with van der Waals surface area (Å²) in [5, 5.41) is 3.27. The zero-order valence-electron chi connectivity index (χ0n) is 8.99. The number of nitrogens with zero attached hydrogens (tertiary/aromatic N) is 1. The molecule has 0 aromatic heterocycles. The second kappa shape index (κ2) is 7.78. The molecule has 0 aliphatic carbocycles. The summed E-state index contributed by atoms with van der Waals surface area (Å²) in [5.41, 5.74) is 0.0462. The molecule has 2 N–H and O–H groups in total. The Bertz CT molecular complexity index is 250. The molecule has 6 heteroatoms. The summed E-state index contributed by atoms with van der Waals surface area (Å²) in [6, 6.07) is 0. The molecule has 0 aromatic rings. The normalized spacial score (nSPS) is 10.9. The van der Waals surface area contributed by atoms with Gasteiger partial charge in [-0.2, -0.15) is 5.10 Å². The average molecular weight is 216 g/mol. The van der Waals surface area contributed by atoms with Crippen molar-refractivity contribution in [2.45, 2.75) is 26.7 Å². The van der Waals surface area contributed by atoms with E-state index in [2.05, 4.69) is 14.6 Å². The van der Waals surface area contributed by atoms with Crippen molar-refractivity contribution in [3.63, 3.8) is 0 Å². The highest BCUT2D eigenvalue weighted by Crippen LogP contribution is 1.98. The van der Waals surface area contributed by atoms with Crippen molar-refractivity contribution in [2.24, 2.45) is 10.9 Å². The van der Waals surface area contributed by atoms with Crippen LogP contribution in [0.25, 0.3) is 0 Å². The lowest BCUT2D eigenvalue weighted by Crippen LogP contribution is -2.20. The minimum absolute atomic E-state index is 0.0462. The van der Waals surface area contributed by atoms with Gasteiger partial charge in [-0.15, -0.1) is 0 Å². The first-order valence-corrected chi connectivity index (χ1v) is 4.75. The summed E-state index contributed by atoms with van der Waals surface area (Å²) in [6.45, 7) is 3.95. The second-order valence-corrected chi connectivity index (χ2v) is 2.60. The molecule has 0 aliphatic heterocycles. The van der Waals surface area contributed by atoms with Gasteiger partial charge in [-0.1, -0.05) is 0 Å². The molecule has 0 rings (SSSR count). The van der Waals surface area contributed by atoms with Crippen molar-refractivity contribution >= 4 is 17.7 Å². The van der Waals surface area contributed by atoms with Crippen LogP contribution >= 0.6 is 0 Å². The van der Waals surface area contributed by atoms with Gasteiger partial charge in [-0.05, 0) is 13.8 Å². The zero-order chi connectivity index (χ0) is 11.7. The largest absolute Gasteiger partial charge is 0.466 e. The fourth-order valence-corrected chi connectivity index (χ4v) is 0.887. The van der Waals surface area contributed by atoms with E-state index in [-0.39, 0.29) is 31.1 Å². The molecule has 0 aliphatic rings. The van der Waals surface area contributed by atoms with E-state index in [1.807, 2.05) is 0 Å². The number of rotatable bonds is 6. The first kappa shape index (κ1) is 13.4. The third-order valence-corrected chi connectivity index (χ3v) is 1.54. The Morgan fingerprint density at radius 1 is 1.13 bits per heavy atom. The van der Waals surface area contributed by atoms with Crippen LogP contribution in [-0.2, 0) is 19.1 Å². The minimum atomic E-state index is -0.593. The number of hydrogen-bond acceptors (Lipinski definition) is 6. The maximum Gasteiger partial charge on any atom is 0.354 e. The number of ether oxygens (including phenoxy) is 2. The van der Waals surface area contributed by atoms with Crippen LogP contribution in [0, 0.1) is 0 Å². The maximum atomic E-state index is 11.2. The van der Waals surface area contributed by atoms with Crippen molar-refractivity contribution in [3.8, 4) is 0 Å². The zero-order valence-corrected chi connectivity index (χ0v) is 8.99. The smallest absolute Gasteiger partial charge is 0.354 e. The Hall–Kier alpha value is -1.59. The first-order valence-electron chi connectivity index (χ1n) is 4.75. The lowest BCUT2D eigenvalue weighted by Gasteiger charge is -2.04. The Balaban J connectivity index is 4.02. The molecule has 0 saturated heterocycles. The van der Waals surface area contributed by atoms with Gasteiger partial charge in [0.2, 0.25) is 0 Å². The summed E-state index contributed by atoms with van der Waals surface area (Å²) >= 11 is 0. The Labute approximate surface area is 88.4 Å². The van der Waals surface area contributed by atoms with Gasteiger partial charge in [0.1, 0.15) is 5.71 Å². The molecular formula is C9H16N2O4. The summed E-state index contributed by atoms with van der Waals surface area (Å²) in [7, 11) is 0. The molecule has 0 unspecified atom stereocenters. The van der Waals surface area contributed by atoms with E-state index in [4.69, 9.17) is 5.84 Å². The van der Waals surface area contributed by atoms with Crippen LogP contribution < -0.4 is 5.84 Å². The van der Waals surface area contributed by atoms with Crippen molar-refractivity contribution in [1.29, 1.82) is 0 Å². The average Bonchev–Trinajstić information content (AvgIpc) is 2.19. The highest BCUT2D eigenvalue weighted by atomic mass is 16.5. The predicted molar refractivity (Wildman–Crippen MR) is 54.1 cm³/mol. The van der Waals surface area contributed by atoms with Gasteiger partial charge in [0, 0.05) is 6.42 Å². The lowest BCUT2D eigenvalue weighted by atomic mass is 10.2. The SMILES string of the molecule is CCOC(=O)CC/C(=N\N)C(=O)OCC. The van der Waals surface area contributed by atoms with Gasteiger partial charge in [0.25, 0.3) is 0 Å². The van der Waals surface area contributed by atoms with Crippen LogP contribution in [0.5, 0.6) is 0 Å². The van der Waals surface area contributed by atoms with E-state index in [0.29, 0.717) is 6.61 Å². The predicted octanol–water partition coefficient (Wildman–Crippen LogP) is 0.208. The van der Waals surface area contributed by atoms with E-state index in [9.17, 15) is 9.59 Å². The summed E-state index contributed by atoms with van der Waals surface area (Å²) in [5.74, 6) is 4.02. The fourth-order valence-electron chi connectivity index (χ4n) is 0.887. The Kier molecular flexibility index (Phi) is 6.96. The lowest BCUT2D eigenvalue weighted by molar-refractivity contribution is -0.142. The summed E-state index contributed by atoms with van der Waals surface area (Å²) in [4.78, 5) is 22.1. The molecule has 15 heavy (non-hydrogen) atoms. The number of hydrazone groups is 1. The molecule has 0 fully saturated rings. The topological polar surface area (TPSA) is 91.0 Å². The third kappa shape index (κ3) is 5.66. The maximum absolute atomic E-state index is 11.2. The minimum Gasteiger partial charge on any atom is -0.466 e. The van der Waals surface area contributed by atoms with Gasteiger partial charge in [-0.25, -0.2) is 4.79 Å². The van der Waals surface area contributed by atoms with E-state index >= 15 is 0 Å². The van der Waals surface area contributed by atoms with Crippen LogP contribution in [0.15, 0.2) is 5.10 Å². The Morgan fingerprint density at radius 2 is 1.73 bits per heavy atom. The monoisotopic (exact) mass is 216 g/mol. The molecule has 0 amide bonds. The van der Waals surface area contributed by atoms with Crippen molar-refractivity contribution in [2.75, 3.05) is 13.2 Å². The molecule has 86 valence electrons. The van der Waals surface area contributed by atoms with E-state index < -0.39 is 5.97 Å². The van der Waals surface area contributed by atoms with Crippen LogP contribution in [0.3, 0.4) is 0 Å². The van der Waals surface area contributed by atoms with E-state index in [1.165, 1.54) is 0 Å². The Morgan fingerprint density at radius 3 is 2.20 bits per heavy atom. The third-order valence-electron chi connectivity index (χ3n) is 1.54. The van der Waals surface area contributed by atoms with Gasteiger partial charge in [0.15, 0.2) is 0 Å². The van der Waals surface area contributed by atoms with Gasteiger partial charge < -0.3 is 15.3 Å². The highest BCUT2D eigenvalue weighted by Gasteiger charge is 2.14. The molecule has 6 nitrogen and oxygen atoms in total. The number of hydrogen-bond donors (Lipinski definition) is 1. The summed E-state index contributed by atoms with van der Waals surface area (Å²) in [6.07, 6.45) is 0.205. The van der Waals surface area contributed by atoms with Crippen molar-refractivity contribution in [1.82, 2.24) is 0 Å². The summed E-state index contributed by atoms with van der Waals surface area (Å²) < 4.78 is 9.37. The number of carbonyl (C=O) groups is 2. The van der Waals surface area contributed by atoms with E-state index in [0.717, 1.165) is 0 Å². The van der Waals surface area contributed by atoms with Gasteiger partial charge >= 0.3 is 11.9 Å². The highest BCUT2D eigenvalue weighted by molar-refractivity contribution is 6.36. The molecule has 0 radical (unpaired) electrons. The molecule has 0 bridgehead atoms. The van der Waals surface area contributed by atoms with Crippen LogP contribution in [0.1, 0.15) is 26.7 Å². The van der Waals surface area contributed by atoms with E-state index in [1.54, 1.807) is 13.8 Å². The number of esters is 2. The first-order chi connectivity index (χ1) is 7.15. The molecule has 0 saturated carbocycles. The fraction of sp³-hybridized carbons (Fsp3) is 0.667. The van der Waals surface area contributed by atoms with Crippen LogP contribution in [-0.4, -0.2) is 30.9 Å². The number of carbonyl (C=O) groups excluding carboxylic acids is 2. The molecule has 0 atom stereocenters. The van der Waals surface area contributed by atoms with Crippen LogP contribution in [0.2, 0.25) is 0 Å². The molecule has 0 heterocycles. The van der Waals surface area contributed by atoms with Gasteiger partial charge in [-0.3, -0.25) is 4.79 Å². The quantitative estimate of drug-likeness (QED) is 0.296. The standard InChI is InChI=1S/C9H16N2O4/c1-3-14-8(12)6-5-7(11-10)9(13)15-4-2/h3-6,10H2,1-2H3/b11-7+. The molecule has 0 aromatic carbocycles.